The fourth-order valence-electron chi connectivity index (χ4n) is 5.97. The van der Waals surface area contributed by atoms with E-state index in [0.717, 1.165) is 31.0 Å². The quantitative estimate of drug-likeness (QED) is 0.336. The van der Waals surface area contributed by atoms with E-state index in [1.54, 1.807) is 12.4 Å². The highest BCUT2D eigenvalue weighted by atomic mass is 19.1. The van der Waals surface area contributed by atoms with Gasteiger partial charge < -0.3 is 14.2 Å². The summed E-state index contributed by atoms with van der Waals surface area (Å²) in [6.07, 6.45) is 4.86. The first-order chi connectivity index (χ1) is 18.8. The molecular formula is C27H28F3N5O4. The SMILES string of the molecule is CCc1cnn2cc(OCOC)cc(-c3c(F)cc4c(=O)[nH]c(OC[C@@]56CCCN5C[C@H](F)C6)nc4c3F)c12. The van der Waals surface area contributed by atoms with Crippen molar-refractivity contribution in [2.24, 2.45) is 0 Å². The van der Waals surface area contributed by atoms with E-state index in [2.05, 4.69) is 20.0 Å². The third-order valence-electron chi connectivity index (χ3n) is 7.77. The first-order valence-corrected chi connectivity index (χ1v) is 12.9. The van der Waals surface area contributed by atoms with Crippen LogP contribution < -0.4 is 15.0 Å². The van der Waals surface area contributed by atoms with Gasteiger partial charge in [0.05, 0.1) is 34.4 Å². The Bertz CT molecular complexity index is 1620. The second-order valence-electron chi connectivity index (χ2n) is 10.1. The van der Waals surface area contributed by atoms with Gasteiger partial charge in [-0.3, -0.25) is 14.7 Å². The lowest BCUT2D eigenvalue weighted by Crippen LogP contribution is -2.43. The first-order valence-electron chi connectivity index (χ1n) is 12.9. The van der Waals surface area contributed by atoms with Gasteiger partial charge in [0.2, 0.25) is 0 Å². The molecule has 2 atom stereocenters. The van der Waals surface area contributed by atoms with E-state index in [0.29, 0.717) is 24.9 Å². The molecule has 2 aliphatic rings. The highest BCUT2D eigenvalue weighted by Gasteiger charge is 2.49. The topological polar surface area (TPSA) is 94.0 Å². The van der Waals surface area contributed by atoms with Crippen LogP contribution in [0.3, 0.4) is 0 Å². The van der Waals surface area contributed by atoms with Gasteiger partial charge in [0.1, 0.15) is 29.9 Å². The lowest BCUT2D eigenvalue weighted by Gasteiger charge is -2.30. The second-order valence-corrected chi connectivity index (χ2v) is 10.1. The van der Waals surface area contributed by atoms with Crippen LogP contribution in [0.15, 0.2) is 29.3 Å². The van der Waals surface area contributed by atoms with Crippen LogP contribution >= 0.6 is 0 Å². The molecule has 2 saturated heterocycles. The third kappa shape index (κ3) is 4.31. The largest absolute Gasteiger partial charge is 0.466 e. The van der Waals surface area contributed by atoms with E-state index >= 15 is 8.78 Å². The number of aryl methyl sites for hydroxylation is 1. The molecule has 0 unspecified atom stereocenters. The van der Waals surface area contributed by atoms with Crippen molar-refractivity contribution >= 4 is 16.4 Å². The zero-order valence-electron chi connectivity index (χ0n) is 21.6. The number of nitrogens with one attached hydrogen (secondary N) is 1. The van der Waals surface area contributed by atoms with Crippen molar-refractivity contribution in [2.45, 2.75) is 44.3 Å². The van der Waals surface area contributed by atoms with Crippen molar-refractivity contribution in [1.82, 2.24) is 24.5 Å². The van der Waals surface area contributed by atoms with Crippen LogP contribution in [0, 0.1) is 11.6 Å². The Morgan fingerprint density at radius 1 is 1.26 bits per heavy atom. The van der Waals surface area contributed by atoms with E-state index < -0.39 is 28.9 Å². The summed E-state index contributed by atoms with van der Waals surface area (Å²) in [4.78, 5) is 21.6. The Kier molecular flexibility index (Phi) is 6.46. The van der Waals surface area contributed by atoms with Gasteiger partial charge in [0, 0.05) is 25.6 Å². The summed E-state index contributed by atoms with van der Waals surface area (Å²) < 4.78 is 63.7. The van der Waals surface area contributed by atoms with Crippen LogP contribution in [0.2, 0.25) is 0 Å². The number of hydrogen-bond acceptors (Lipinski definition) is 7. The number of halogens is 3. The monoisotopic (exact) mass is 543 g/mol. The van der Waals surface area contributed by atoms with Gasteiger partial charge in [0.15, 0.2) is 12.6 Å². The highest BCUT2D eigenvalue weighted by Crippen LogP contribution is 2.40. The predicted molar refractivity (Wildman–Crippen MR) is 137 cm³/mol. The number of benzene rings is 1. The number of ether oxygens (including phenoxy) is 3. The number of hydrogen-bond donors (Lipinski definition) is 1. The summed E-state index contributed by atoms with van der Waals surface area (Å²) in [7, 11) is 1.46. The summed E-state index contributed by atoms with van der Waals surface area (Å²) in [6.45, 7) is 3.06. The maximum Gasteiger partial charge on any atom is 0.297 e. The molecule has 0 aliphatic carbocycles. The molecule has 12 heteroatoms. The van der Waals surface area contributed by atoms with Crippen LogP contribution in [0.5, 0.6) is 11.8 Å². The molecule has 0 spiro atoms. The van der Waals surface area contributed by atoms with E-state index in [-0.39, 0.29) is 47.2 Å². The zero-order valence-corrected chi connectivity index (χ0v) is 21.6. The molecule has 9 nitrogen and oxygen atoms in total. The molecule has 4 aromatic rings. The predicted octanol–water partition coefficient (Wildman–Crippen LogP) is 4.02. The Hall–Kier alpha value is -3.64. The van der Waals surface area contributed by atoms with E-state index in [9.17, 15) is 9.18 Å². The molecule has 206 valence electrons. The molecule has 6 rings (SSSR count). The lowest BCUT2D eigenvalue weighted by atomic mass is 9.95. The summed E-state index contributed by atoms with van der Waals surface area (Å²) in [5.41, 5.74) is -0.454. The van der Waals surface area contributed by atoms with Crippen LogP contribution in [0.25, 0.3) is 27.5 Å². The van der Waals surface area contributed by atoms with Crippen LogP contribution in [-0.2, 0) is 11.2 Å². The number of methoxy groups -OCH3 is 1. The molecule has 1 N–H and O–H groups in total. The number of pyridine rings is 1. The van der Waals surface area contributed by atoms with Gasteiger partial charge in [-0.15, -0.1) is 0 Å². The summed E-state index contributed by atoms with van der Waals surface area (Å²) >= 11 is 0. The van der Waals surface area contributed by atoms with Crippen LogP contribution in [0.1, 0.15) is 31.7 Å². The van der Waals surface area contributed by atoms with Crippen molar-refractivity contribution in [3.05, 3.63) is 52.1 Å². The maximum atomic E-state index is 16.2. The molecule has 39 heavy (non-hydrogen) atoms. The van der Waals surface area contributed by atoms with Gasteiger partial charge >= 0.3 is 0 Å². The molecule has 0 saturated carbocycles. The molecule has 0 bridgehead atoms. The lowest BCUT2D eigenvalue weighted by molar-refractivity contribution is 0.0508. The molecule has 1 aromatic carbocycles. The summed E-state index contributed by atoms with van der Waals surface area (Å²) in [5.74, 6) is -1.66. The Morgan fingerprint density at radius 2 is 2.10 bits per heavy atom. The molecule has 2 fully saturated rings. The van der Waals surface area contributed by atoms with Crippen LogP contribution in [0.4, 0.5) is 13.2 Å². The molecule has 3 aromatic heterocycles. The number of fused-ring (bicyclic) bond motifs is 3. The van der Waals surface area contributed by atoms with Gasteiger partial charge in [-0.05, 0) is 43.5 Å². The first kappa shape index (κ1) is 25.6. The fourth-order valence-corrected chi connectivity index (χ4v) is 5.97. The molecular weight excluding hydrogens is 515 g/mol. The Morgan fingerprint density at radius 3 is 2.90 bits per heavy atom. The van der Waals surface area contributed by atoms with E-state index in [4.69, 9.17) is 14.2 Å². The number of alkyl halides is 1. The second kappa shape index (κ2) is 9.83. The van der Waals surface area contributed by atoms with E-state index in [1.165, 1.54) is 17.7 Å². The summed E-state index contributed by atoms with van der Waals surface area (Å²) in [5, 5.41) is 4.07. The smallest absolute Gasteiger partial charge is 0.297 e. The third-order valence-corrected chi connectivity index (χ3v) is 7.77. The number of H-pyrrole nitrogens is 1. The van der Waals surface area contributed by atoms with Crippen molar-refractivity contribution in [3.8, 4) is 22.9 Å². The minimum atomic E-state index is -1.01. The van der Waals surface area contributed by atoms with Crippen molar-refractivity contribution in [1.29, 1.82) is 0 Å². The van der Waals surface area contributed by atoms with Gasteiger partial charge in [-0.25, -0.2) is 17.7 Å². The van der Waals surface area contributed by atoms with Crippen LogP contribution in [-0.4, -0.2) is 69.8 Å². The maximum absolute atomic E-state index is 16.2. The zero-order chi connectivity index (χ0) is 27.3. The Balaban J connectivity index is 1.45. The fraction of sp³-hybridized carbons (Fsp3) is 0.444. The number of aromatic amines is 1. The van der Waals surface area contributed by atoms with Crippen molar-refractivity contribution < 1.29 is 27.4 Å². The van der Waals surface area contributed by atoms with Gasteiger partial charge in [-0.2, -0.15) is 10.1 Å². The van der Waals surface area contributed by atoms with Crippen molar-refractivity contribution in [2.75, 3.05) is 33.6 Å². The van der Waals surface area contributed by atoms with Gasteiger partial charge in [0.25, 0.3) is 11.6 Å². The molecule has 0 radical (unpaired) electrons. The molecule has 0 amide bonds. The van der Waals surface area contributed by atoms with Crippen molar-refractivity contribution in [3.63, 3.8) is 0 Å². The minimum Gasteiger partial charge on any atom is -0.466 e. The van der Waals surface area contributed by atoms with Gasteiger partial charge in [-0.1, -0.05) is 6.92 Å². The molecule has 2 aliphatic heterocycles. The normalized spacial score (nSPS) is 21.2. The standard InChI is InChI=1S/C27H28F3N5O4/c1-3-15-10-31-35-12-17(39-14-37-2)7-18(24(15)35)21-20(29)8-19-23(22(21)30)32-26(33-25(19)36)38-13-27-5-4-6-34(27)11-16(28)9-27/h7-8,10,12,16H,3-6,9,11,13-14H2,1-2H3,(H,32,33,36)/t16-,27+/m1/s1. The summed E-state index contributed by atoms with van der Waals surface area (Å²) in [6, 6.07) is 2.27. The number of aromatic nitrogens is 4. The average molecular weight is 544 g/mol. The Labute approximate surface area is 221 Å². The minimum absolute atomic E-state index is 0.0742. The molecule has 5 heterocycles. The average Bonchev–Trinajstić information content (AvgIpc) is 3.58. The number of nitrogens with zero attached hydrogens (tertiary/aromatic N) is 4. The number of rotatable bonds is 8. The van der Waals surface area contributed by atoms with E-state index in [1.807, 2.05) is 6.92 Å². The highest BCUT2D eigenvalue weighted by molar-refractivity contribution is 5.91.